The smallest absolute Gasteiger partial charge is 0.242 e. The molecule has 2 aromatic rings. The number of rotatable bonds is 6. The summed E-state index contributed by atoms with van der Waals surface area (Å²) in [5.74, 6) is -1.32. The zero-order valence-corrected chi connectivity index (χ0v) is 13.1. The molecular formula is C14H17N3O4S. The Labute approximate surface area is 128 Å². The maximum atomic E-state index is 11.9. The zero-order chi connectivity index (χ0) is 16.2. The number of hydrogen-bond acceptors (Lipinski definition) is 6. The minimum Gasteiger partial charge on any atom is -0.353 e. The standard InChI is InChI=1S/C14H17N3O4S/c1-10(2)15-12(18)8-22(19,20)9-13-16-14(17-21-13)11-6-4-3-5-7-11/h3-7,10H,8-9H2,1-2H3,(H,15,18). The molecule has 22 heavy (non-hydrogen) atoms. The first-order chi connectivity index (χ1) is 10.4. The van der Waals surface area contributed by atoms with Gasteiger partial charge in [-0.15, -0.1) is 0 Å². The number of benzene rings is 1. The lowest BCUT2D eigenvalue weighted by atomic mass is 10.2. The van der Waals surface area contributed by atoms with Gasteiger partial charge in [-0.1, -0.05) is 35.5 Å². The Hall–Kier alpha value is -2.22. The van der Waals surface area contributed by atoms with Gasteiger partial charge in [0.1, 0.15) is 11.5 Å². The Kier molecular flexibility index (Phi) is 4.92. The van der Waals surface area contributed by atoms with Crippen molar-refractivity contribution in [3.8, 4) is 11.4 Å². The lowest BCUT2D eigenvalue weighted by Gasteiger charge is -2.07. The summed E-state index contributed by atoms with van der Waals surface area (Å²) in [4.78, 5) is 15.6. The second-order valence-electron chi connectivity index (χ2n) is 5.13. The van der Waals surface area contributed by atoms with Crippen molar-refractivity contribution in [2.75, 3.05) is 5.75 Å². The molecule has 1 aromatic carbocycles. The van der Waals surface area contributed by atoms with E-state index in [1.807, 2.05) is 18.2 Å². The third-order valence-electron chi connectivity index (χ3n) is 2.64. The predicted octanol–water partition coefficient (Wildman–Crippen LogP) is 1.18. The fourth-order valence-electron chi connectivity index (χ4n) is 1.82. The highest BCUT2D eigenvalue weighted by Crippen LogP contribution is 2.15. The van der Waals surface area contributed by atoms with Crippen LogP contribution in [0.4, 0.5) is 0 Å². The van der Waals surface area contributed by atoms with Gasteiger partial charge in [0, 0.05) is 11.6 Å². The molecule has 0 aliphatic heterocycles. The zero-order valence-electron chi connectivity index (χ0n) is 12.3. The van der Waals surface area contributed by atoms with Crippen molar-refractivity contribution in [1.29, 1.82) is 0 Å². The summed E-state index contributed by atoms with van der Waals surface area (Å²) < 4.78 is 28.8. The number of carbonyl (C=O) groups excluding carboxylic acids is 1. The molecule has 118 valence electrons. The summed E-state index contributed by atoms with van der Waals surface area (Å²) in [6, 6.07) is 8.95. The molecule has 1 amide bonds. The molecule has 0 aliphatic rings. The second kappa shape index (κ2) is 6.69. The van der Waals surface area contributed by atoms with Crippen molar-refractivity contribution < 1.29 is 17.7 Å². The first kappa shape index (κ1) is 16.2. The van der Waals surface area contributed by atoms with Crippen LogP contribution < -0.4 is 5.32 Å². The lowest BCUT2D eigenvalue weighted by molar-refractivity contribution is -0.119. The molecule has 0 aliphatic carbocycles. The molecular weight excluding hydrogens is 306 g/mol. The fraction of sp³-hybridized carbons (Fsp3) is 0.357. The number of hydrogen-bond donors (Lipinski definition) is 1. The number of sulfone groups is 1. The number of carbonyl (C=O) groups is 1. The maximum absolute atomic E-state index is 11.9. The van der Waals surface area contributed by atoms with E-state index in [4.69, 9.17) is 4.52 Å². The summed E-state index contributed by atoms with van der Waals surface area (Å²) in [6.07, 6.45) is 0. The summed E-state index contributed by atoms with van der Waals surface area (Å²) in [6.45, 7) is 3.52. The summed E-state index contributed by atoms with van der Waals surface area (Å²) in [7, 11) is -3.66. The van der Waals surface area contributed by atoms with Crippen LogP contribution in [0.5, 0.6) is 0 Å². The molecule has 0 unspecified atom stereocenters. The Bertz CT molecular complexity index is 738. The Balaban J connectivity index is 2.05. The Morgan fingerprint density at radius 3 is 2.59 bits per heavy atom. The third-order valence-corrected chi connectivity index (χ3v) is 4.03. The van der Waals surface area contributed by atoms with Crippen molar-refractivity contribution in [2.24, 2.45) is 0 Å². The van der Waals surface area contributed by atoms with E-state index in [-0.39, 0.29) is 11.9 Å². The van der Waals surface area contributed by atoms with E-state index in [1.165, 1.54) is 0 Å². The van der Waals surface area contributed by atoms with Crippen LogP contribution in [0.2, 0.25) is 0 Å². The highest BCUT2D eigenvalue weighted by molar-refractivity contribution is 7.91. The van der Waals surface area contributed by atoms with Crippen LogP contribution in [0.15, 0.2) is 34.9 Å². The van der Waals surface area contributed by atoms with Crippen LogP contribution in [0.3, 0.4) is 0 Å². The van der Waals surface area contributed by atoms with Crippen molar-refractivity contribution in [2.45, 2.75) is 25.6 Å². The van der Waals surface area contributed by atoms with Gasteiger partial charge in [-0.3, -0.25) is 4.79 Å². The van der Waals surface area contributed by atoms with E-state index in [0.717, 1.165) is 5.56 Å². The van der Waals surface area contributed by atoms with Gasteiger partial charge >= 0.3 is 0 Å². The van der Waals surface area contributed by atoms with Crippen LogP contribution in [-0.2, 0) is 20.4 Å². The predicted molar refractivity (Wildman–Crippen MR) is 80.5 cm³/mol. The number of aromatic nitrogens is 2. The first-order valence-electron chi connectivity index (χ1n) is 6.73. The maximum Gasteiger partial charge on any atom is 0.242 e. The highest BCUT2D eigenvalue weighted by Gasteiger charge is 2.21. The molecule has 8 heteroatoms. The summed E-state index contributed by atoms with van der Waals surface area (Å²) in [5.41, 5.74) is 0.729. The van der Waals surface area contributed by atoms with Crippen LogP contribution >= 0.6 is 0 Å². The number of nitrogens with zero attached hydrogens (tertiary/aromatic N) is 2. The van der Waals surface area contributed by atoms with E-state index in [9.17, 15) is 13.2 Å². The van der Waals surface area contributed by atoms with Crippen molar-refractivity contribution >= 4 is 15.7 Å². The van der Waals surface area contributed by atoms with Gasteiger partial charge in [-0.25, -0.2) is 8.42 Å². The molecule has 0 bridgehead atoms. The summed E-state index contributed by atoms with van der Waals surface area (Å²) >= 11 is 0. The molecule has 0 radical (unpaired) electrons. The topological polar surface area (TPSA) is 102 Å². The normalized spacial score (nSPS) is 11.6. The molecule has 1 N–H and O–H groups in total. The lowest BCUT2D eigenvalue weighted by Crippen LogP contribution is -2.35. The Morgan fingerprint density at radius 1 is 1.27 bits per heavy atom. The minimum absolute atomic E-state index is 0.0313. The molecule has 0 saturated carbocycles. The van der Waals surface area contributed by atoms with Gasteiger partial charge in [-0.05, 0) is 13.8 Å². The average Bonchev–Trinajstić information content (AvgIpc) is 2.85. The molecule has 2 rings (SSSR count). The number of amides is 1. The highest BCUT2D eigenvalue weighted by atomic mass is 32.2. The Morgan fingerprint density at radius 2 is 1.95 bits per heavy atom. The number of nitrogens with one attached hydrogen (secondary N) is 1. The third kappa shape index (κ3) is 4.66. The monoisotopic (exact) mass is 323 g/mol. The fourth-order valence-corrected chi connectivity index (χ4v) is 2.90. The van der Waals surface area contributed by atoms with Crippen molar-refractivity contribution in [3.05, 3.63) is 36.2 Å². The van der Waals surface area contributed by atoms with Gasteiger partial charge in [-0.2, -0.15) is 4.98 Å². The quantitative estimate of drug-likeness (QED) is 0.856. The molecule has 1 heterocycles. The van der Waals surface area contributed by atoms with E-state index < -0.39 is 27.3 Å². The molecule has 0 spiro atoms. The van der Waals surface area contributed by atoms with E-state index in [2.05, 4.69) is 15.5 Å². The molecule has 1 aromatic heterocycles. The first-order valence-corrected chi connectivity index (χ1v) is 8.55. The van der Waals surface area contributed by atoms with Gasteiger partial charge < -0.3 is 9.84 Å². The SMILES string of the molecule is CC(C)NC(=O)CS(=O)(=O)Cc1nc(-c2ccccc2)no1. The van der Waals surface area contributed by atoms with Crippen molar-refractivity contribution in [3.63, 3.8) is 0 Å². The van der Waals surface area contributed by atoms with E-state index in [0.29, 0.717) is 5.82 Å². The van der Waals surface area contributed by atoms with Crippen LogP contribution in [0, 0.1) is 0 Å². The van der Waals surface area contributed by atoms with Crippen LogP contribution in [-0.4, -0.2) is 36.3 Å². The van der Waals surface area contributed by atoms with Crippen molar-refractivity contribution in [1.82, 2.24) is 15.5 Å². The van der Waals surface area contributed by atoms with Gasteiger partial charge in [0.25, 0.3) is 0 Å². The average molecular weight is 323 g/mol. The van der Waals surface area contributed by atoms with Gasteiger partial charge in [0.05, 0.1) is 0 Å². The van der Waals surface area contributed by atoms with Crippen LogP contribution in [0.25, 0.3) is 11.4 Å². The largest absolute Gasteiger partial charge is 0.353 e. The second-order valence-corrected chi connectivity index (χ2v) is 7.20. The molecule has 0 fully saturated rings. The molecule has 7 nitrogen and oxygen atoms in total. The van der Waals surface area contributed by atoms with E-state index in [1.54, 1.807) is 26.0 Å². The van der Waals surface area contributed by atoms with Gasteiger partial charge in [0.15, 0.2) is 9.84 Å². The molecule has 0 atom stereocenters. The molecule has 0 saturated heterocycles. The van der Waals surface area contributed by atoms with Crippen LogP contribution in [0.1, 0.15) is 19.7 Å². The van der Waals surface area contributed by atoms with E-state index >= 15 is 0 Å². The summed E-state index contributed by atoms with van der Waals surface area (Å²) in [5, 5.41) is 6.28. The van der Waals surface area contributed by atoms with Gasteiger partial charge in [0.2, 0.25) is 17.6 Å². The minimum atomic E-state index is -3.66.